The molecule has 0 amide bonds. The van der Waals surface area contributed by atoms with Crippen molar-refractivity contribution in [2.75, 3.05) is 11.9 Å². The van der Waals surface area contributed by atoms with Gasteiger partial charge in [-0.05, 0) is 32.3 Å². The number of anilines is 1. The first-order valence-electron chi connectivity index (χ1n) is 6.68. The van der Waals surface area contributed by atoms with Crippen LogP contribution in [0.15, 0.2) is 28.7 Å². The topological polar surface area (TPSA) is 37.8 Å². The molecule has 0 fully saturated rings. The van der Waals surface area contributed by atoms with Crippen LogP contribution < -0.4 is 5.32 Å². The van der Waals surface area contributed by atoms with Crippen molar-refractivity contribution in [2.24, 2.45) is 0 Å². The van der Waals surface area contributed by atoms with E-state index in [4.69, 9.17) is 9.97 Å². The van der Waals surface area contributed by atoms with E-state index in [-0.39, 0.29) is 0 Å². The van der Waals surface area contributed by atoms with Crippen molar-refractivity contribution in [1.82, 2.24) is 9.97 Å². The molecule has 0 aliphatic heterocycles. The molecule has 0 spiro atoms. The first-order chi connectivity index (χ1) is 9.29. The Morgan fingerprint density at radius 1 is 1.21 bits per heavy atom. The summed E-state index contributed by atoms with van der Waals surface area (Å²) < 4.78 is 1.04. The van der Waals surface area contributed by atoms with Crippen LogP contribution >= 0.6 is 15.9 Å². The van der Waals surface area contributed by atoms with E-state index in [9.17, 15) is 0 Å². The fourth-order valence-electron chi connectivity index (χ4n) is 2.51. The summed E-state index contributed by atoms with van der Waals surface area (Å²) in [7, 11) is 0. The van der Waals surface area contributed by atoms with Crippen LogP contribution in [0.2, 0.25) is 0 Å². The van der Waals surface area contributed by atoms with E-state index in [0.717, 1.165) is 41.1 Å². The molecular formula is C15H16BrN3. The summed E-state index contributed by atoms with van der Waals surface area (Å²) in [5.41, 5.74) is 3.56. The van der Waals surface area contributed by atoms with Gasteiger partial charge in [0.25, 0.3) is 0 Å². The van der Waals surface area contributed by atoms with E-state index in [2.05, 4.69) is 34.2 Å². The number of aryl methyl sites for hydroxylation is 1. The zero-order valence-corrected chi connectivity index (χ0v) is 12.5. The van der Waals surface area contributed by atoms with Crippen LogP contribution in [0.5, 0.6) is 0 Å². The maximum absolute atomic E-state index is 4.75. The van der Waals surface area contributed by atoms with Crippen molar-refractivity contribution < 1.29 is 0 Å². The summed E-state index contributed by atoms with van der Waals surface area (Å²) in [5, 5.41) is 3.37. The van der Waals surface area contributed by atoms with Crippen molar-refractivity contribution in [3.05, 3.63) is 40.0 Å². The predicted molar refractivity (Wildman–Crippen MR) is 81.4 cm³/mol. The van der Waals surface area contributed by atoms with Gasteiger partial charge in [-0.2, -0.15) is 0 Å². The summed E-state index contributed by atoms with van der Waals surface area (Å²) >= 11 is 3.58. The Labute approximate surface area is 121 Å². The Hall–Kier alpha value is -1.42. The Morgan fingerprint density at radius 2 is 2.05 bits per heavy atom. The van der Waals surface area contributed by atoms with Gasteiger partial charge in [0.05, 0.1) is 0 Å². The highest BCUT2D eigenvalue weighted by Crippen LogP contribution is 2.31. The Bertz CT molecular complexity index is 610. The fraction of sp³-hybridized carbons (Fsp3) is 0.333. The second kappa shape index (κ2) is 5.29. The minimum absolute atomic E-state index is 0.809. The van der Waals surface area contributed by atoms with Crippen molar-refractivity contribution in [2.45, 2.75) is 26.2 Å². The second-order valence-corrected chi connectivity index (χ2v) is 5.54. The SMILES string of the molecule is CCNc1nc(-c2ccccc2Br)nc2c1CCC2. The third-order valence-electron chi connectivity index (χ3n) is 3.39. The average molecular weight is 318 g/mol. The number of nitrogens with zero attached hydrogens (tertiary/aromatic N) is 2. The van der Waals surface area contributed by atoms with E-state index >= 15 is 0 Å². The largest absolute Gasteiger partial charge is 0.370 e. The lowest BCUT2D eigenvalue weighted by Gasteiger charge is -2.11. The molecule has 0 atom stereocenters. The number of fused-ring (bicyclic) bond motifs is 1. The van der Waals surface area contributed by atoms with Crippen LogP contribution in [0.25, 0.3) is 11.4 Å². The molecular weight excluding hydrogens is 302 g/mol. The molecule has 3 rings (SSSR count). The van der Waals surface area contributed by atoms with E-state index in [1.165, 1.54) is 17.7 Å². The quantitative estimate of drug-likeness (QED) is 0.935. The van der Waals surface area contributed by atoms with Crippen LogP contribution in [-0.2, 0) is 12.8 Å². The molecule has 3 nitrogen and oxygen atoms in total. The summed E-state index contributed by atoms with van der Waals surface area (Å²) in [4.78, 5) is 9.46. The zero-order valence-electron chi connectivity index (χ0n) is 10.9. The molecule has 0 unspecified atom stereocenters. The standard InChI is InChI=1S/C15H16BrN3/c1-2-17-14-11-7-5-9-13(11)18-15(19-14)10-6-3-4-8-12(10)16/h3-4,6,8H,2,5,7,9H2,1H3,(H,17,18,19). The first-order valence-corrected chi connectivity index (χ1v) is 7.47. The van der Waals surface area contributed by atoms with Gasteiger partial charge >= 0.3 is 0 Å². The van der Waals surface area contributed by atoms with E-state index < -0.39 is 0 Å². The molecule has 1 heterocycles. The molecule has 2 aromatic rings. The Morgan fingerprint density at radius 3 is 2.84 bits per heavy atom. The summed E-state index contributed by atoms with van der Waals surface area (Å²) in [6.07, 6.45) is 3.34. The Kier molecular flexibility index (Phi) is 3.51. The van der Waals surface area contributed by atoms with Crippen LogP contribution in [-0.4, -0.2) is 16.5 Å². The smallest absolute Gasteiger partial charge is 0.162 e. The van der Waals surface area contributed by atoms with Crippen molar-refractivity contribution >= 4 is 21.7 Å². The van der Waals surface area contributed by atoms with Gasteiger partial charge in [0, 0.05) is 27.8 Å². The third-order valence-corrected chi connectivity index (χ3v) is 4.08. The highest BCUT2D eigenvalue weighted by Gasteiger charge is 2.20. The molecule has 0 bridgehead atoms. The maximum atomic E-state index is 4.75. The number of hydrogen-bond donors (Lipinski definition) is 1. The molecule has 0 saturated carbocycles. The van der Waals surface area contributed by atoms with Crippen molar-refractivity contribution in [3.8, 4) is 11.4 Å². The summed E-state index contributed by atoms with van der Waals surface area (Å²) in [6, 6.07) is 8.10. The van der Waals surface area contributed by atoms with Gasteiger partial charge < -0.3 is 5.32 Å². The van der Waals surface area contributed by atoms with Gasteiger partial charge in [-0.15, -0.1) is 0 Å². The van der Waals surface area contributed by atoms with E-state index in [1.807, 2.05) is 18.2 Å². The number of aromatic nitrogens is 2. The molecule has 1 aliphatic carbocycles. The fourth-order valence-corrected chi connectivity index (χ4v) is 2.97. The second-order valence-electron chi connectivity index (χ2n) is 4.68. The highest BCUT2D eigenvalue weighted by molar-refractivity contribution is 9.10. The minimum atomic E-state index is 0.809. The number of nitrogens with one attached hydrogen (secondary N) is 1. The molecule has 98 valence electrons. The lowest BCUT2D eigenvalue weighted by atomic mass is 10.2. The number of halogens is 1. The first kappa shape index (κ1) is 12.6. The molecule has 1 aromatic carbocycles. The van der Waals surface area contributed by atoms with Crippen LogP contribution in [0, 0.1) is 0 Å². The van der Waals surface area contributed by atoms with Crippen LogP contribution in [0.4, 0.5) is 5.82 Å². The number of hydrogen-bond acceptors (Lipinski definition) is 3. The lowest BCUT2D eigenvalue weighted by molar-refractivity contribution is 0.900. The highest BCUT2D eigenvalue weighted by atomic mass is 79.9. The zero-order chi connectivity index (χ0) is 13.2. The molecule has 1 N–H and O–H groups in total. The van der Waals surface area contributed by atoms with Gasteiger partial charge in [0.15, 0.2) is 5.82 Å². The monoisotopic (exact) mass is 317 g/mol. The number of benzene rings is 1. The van der Waals surface area contributed by atoms with Gasteiger partial charge in [-0.3, -0.25) is 0 Å². The molecule has 0 saturated heterocycles. The lowest BCUT2D eigenvalue weighted by Crippen LogP contribution is -2.06. The normalized spacial score (nSPS) is 13.4. The van der Waals surface area contributed by atoms with Crippen molar-refractivity contribution in [3.63, 3.8) is 0 Å². The van der Waals surface area contributed by atoms with Gasteiger partial charge in [-0.25, -0.2) is 9.97 Å². The van der Waals surface area contributed by atoms with E-state index in [1.54, 1.807) is 0 Å². The van der Waals surface area contributed by atoms with Gasteiger partial charge in [-0.1, -0.05) is 34.1 Å². The average Bonchev–Trinajstić information content (AvgIpc) is 2.88. The predicted octanol–water partition coefficient (Wildman–Crippen LogP) is 3.83. The minimum Gasteiger partial charge on any atom is -0.370 e. The van der Waals surface area contributed by atoms with Crippen LogP contribution in [0.3, 0.4) is 0 Å². The molecule has 19 heavy (non-hydrogen) atoms. The van der Waals surface area contributed by atoms with Crippen molar-refractivity contribution in [1.29, 1.82) is 0 Å². The maximum Gasteiger partial charge on any atom is 0.162 e. The van der Waals surface area contributed by atoms with Gasteiger partial charge in [0.2, 0.25) is 0 Å². The Balaban J connectivity index is 2.13. The molecule has 1 aliphatic rings. The van der Waals surface area contributed by atoms with Crippen LogP contribution in [0.1, 0.15) is 24.6 Å². The third kappa shape index (κ3) is 2.37. The van der Waals surface area contributed by atoms with E-state index in [0.29, 0.717) is 0 Å². The molecule has 1 aromatic heterocycles. The molecule has 0 radical (unpaired) electrons. The number of rotatable bonds is 3. The summed E-state index contributed by atoms with van der Waals surface area (Å²) in [5.74, 6) is 1.82. The van der Waals surface area contributed by atoms with Gasteiger partial charge in [0.1, 0.15) is 5.82 Å². The summed E-state index contributed by atoms with van der Waals surface area (Å²) in [6.45, 7) is 2.99. The molecule has 4 heteroatoms.